The molecule has 1 aromatic heterocycles. The predicted octanol–water partition coefficient (Wildman–Crippen LogP) is 8.07. The minimum Gasteiger partial charge on any atom is -0.207 e. The van der Waals surface area contributed by atoms with Gasteiger partial charge < -0.3 is 0 Å². The van der Waals surface area contributed by atoms with Gasteiger partial charge in [-0.1, -0.05) is 50.6 Å². The van der Waals surface area contributed by atoms with E-state index in [9.17, 15) is 0 Å². The Balaban J connectivity index is 2.19. The first-order valence-electron chi connectivity index (χ1n) is 10.0. The zero-order valence-corrected chi connectivity index (χ0v) is 18.0. The van der Waals surface area contributed by atoms with Gasteiger partial charge >= 0.3 is 11.2 Å². The highest BCUT2D eigenvalue weighted by molar-refractivity contribution is 6.09. The number of hydrogen-bond acceptors (Lipinski definition) is 0. The molecule has 4 aromatic rings. The average Bonchev–Trinajstić information content (AvgIpc) is 2.58. The number of fused-ring (bicyclic) bond motifs is 2. The van der Waals surface area contributed by atoms with Crippen LogP contribution in [0.1, 0.15) is 48.6 Å². The van der Waals surface area contributed by atoms with Crippen molar-refractivity contribution in [3.8, 4) is 11.1 Å². The van der Waals surface area contributed by atoms with E-state index in [-0.39, 0.29) is 5.41 Å². The fourth-order valence-corrected chi connectivity index (χ4v) is 4.31. The monoisotopic (exact) mass is 369 g/mol. The van der Waals surface area contributed by atoms with Gasteiger partial charge in [0, 0.05) is 17.7 Å². The Bertz CT molecular complexity index is 1200. The molecule has 0 aliphatic rings. The molecule has 3 aromatic carbocycles. The normalized spacial score (nSPS) is 12.1. The minimum absolute atomic E-state index is 0.0845. The van der Waals surface area contributed by atoms with Crippen LogP contribution in [0.2, 0.25) is 0 Å². The van der Waals surface area contributed by atoms with Gasteiger partial charge in [-0.2, -0.15) is 0 Å². The first kappa shape index (κ1) is 18.7. The molecular weight excluding hydrogens is 340 g/mol. The quantitative estimate of drug-likeness (QED) is 0.244. The lowest BCUT2D eigenvalue weighted by Gasteiger charge is -2.19. The second kappa shape index (κ2) is 6.44. The van der Waals surface area contributed by atoms with Crippen molar-refractivity contribution < 1.29 is 4.42 Å². The average molecular weight is 370 g/mol. The lowest BCUT2D eigenvalue weighted by Crippen LogP contribution is -2.10. The maximum atomic E-state index is 6.43. The van der Waals surface area contributed by atoms with Gasteiger partial charge in [0.25, 0.3) is 0 Å². The fraction of sp³-hybridized carbons (Fsp3) is 0.296. The molecule has 0 bridgehead atoms. The molecule has 4 rings (SSSR count). The Morgan fingerprint density at radius 1 is 0.607 bits per heavy atom. The molecule has 0 radical (unpaired) electrons. The molecule has 142 valence electrons. The minimum atomic E-state index is 0.0845. The van der Waals surface area contributed by atoms with Crippen LogP contribution in [-0.2, 0) is 5.41 Å². The van der Waals surface area contributed by atoms with Crippen LogP contribution in [0.5, 0.6) is 0 Å². The van der Waals surface area contributed by atoms with Crippen molar-refractivity contribution in [2.24, 2.45) is 0 Å². The summed E-state index contributed by atoms with van der Waals surface area (Å²) in [5, 5.41) is 2.36. The largest absolute Gasteiger partial charge is 0.361 e. The number of hydrogen-bond donors (Lipinski definition) is 0. The Hall–Kier alpha value is -2.67. The highest BCUT2D eigenvalue weighted by atomic mass is 16.3. The molecule has 0 saturated heterocycles. The number of aryl methyl sites for hydroxylation is 4. The molecule has 0 amide bonds. The van der Waals surface area contributed by atoms with Gasteiger partial charge in [-0.3, -0.25) is 0 Å². The molecular formula is C27H29O+. The van der Waals surface area contributed by atoms with E-state index in [1.54, 1.807) is 0 Å². The topological polar surface area (TPSA) is 11.3 Å². The summed E-state index contributed by atoms with van der Waals surface area (Å²) in [6.07, 6.45) is 0. The molecule has 0 atom stereocenters. The van der Waals surface area contributed by atoms with Crippen molar-refractivity contribution in [1.29, 1.82) is 0 Å². The summed E-state index contributed by atoms with van der Waals surface area (Å²) in [6, 6.07) is 17.8. The van der Waals surface area contributed by atoms with E-state index in [1.807, 2.05) is 0 Å². The first-order chi connectivity index (χ1) is 13.1. The van der Waals surface area contributed by atoms with Crippen LogP contribution in [0.3, 0.4) is 0 Å². The Morgan fingerprint density at radius 3 is 1.79 bits per heavy atom. The van der Waals surface area contributed by atoms with Crippen LogP contribution in [-0.4, -0.2) is 0 Å². The molecule has 0 aliphatic heterocycles. The molecule has 1 nitrogen and oxygen atoms in total. The third kappa shape index (κ3) is 3.09. The Labute approximate surface area is 168 Å². The van der Waals surface area contributed by atoms with Gasteiger partial charge in [-0.05, 0) is 73.1 Å². The van der Waals surface area contributed by atoms with Crippen LogP contribution in [0, 0.1) is 27.7 Å². The molecule has 0 fully saturated rings. The van der Waals surface area contributed by atoms with Gasteiger partial charge in [0.2, 0.25) is 0 Å². The fourth-order valence-electron chi connectivity index (χ4n) is 4.31. The molecule has 28 heavy (non-hydrogen) atoms. The molecule has 0 saturated carbocycles. The third-order valence-corrected chi connectivity index (χ3v) is 5.67. The maximum absolute atomic E-state index is 6.43. The van der Waals surface area contributed by atoms with Crippen molar-refractivity contribution in [2.75, 3.05) is 0 Å². The molecule has 1 heteroatoms. The molecule has 1 heterocycles. The second-order valence-corrected chi connectivity index (χ2v) is 9.21. The number of benzene rings is 3. The molecule has 0 spiro atoms. The van der Waals surface area contributed by atoms with Crippen molar-refractivity contribution in [3.63, 3.8) is 0 Å². The van der Waals surface area contributed by atoms with Crippen LogP contribution < -0.4 is 0 Å². The predicted molar refractivity (Wildman–Crippen MR) is 121 cm³/mol. The summed E-state index contributed by atoms with van der Waals surface area (Å²) in [6.45, 7) is 15.5. The molecule has 0 aliphatic carbocycles. The van der Waals surface area contributed by atoms with Crippen molar-refractivity contribution in [1.82, 2.24) is 0 Å². The maximum Gasteiger partial charge on any atom is 0.361 e. The van der Waals surface area contributed by atoms with E-state index in [4.69, 9.17) is 4.42 Å². The third-order valence-electron chi connectivity index (χ3n) is 5.67. The van der Waals surface area contributed by atoms with Crippen LogP contribution in [0.15, 0.2) is 52.9 Å². The summed E-state index contributed by atoms with van der Waals surface area (Å²) in [7, 11) is 0. The second-order valence-electron chi connectivity index (χ2n) is 9.21. The lowest BCUT2D eigenvalue weighted by atomic mass is 9.85. The van der Waals surface area contributed by atoms with E-state index in [1.165, 1.54) is 49.7 Å². The van der Waals surface area contributed by atoms with E-state index in [2.05, 4.69) is 97.0 Å². The standard InChI is InChI=1S/C27H29O/c1-16-8-10-21-23(14-16)28-24-15-20(27(5,6)7)9-11-22(24)26(21)25-18(3)12-17(2)13-19(25)4/h8-15H,1-7H3/q+1. The lowest BCUT2D eigenvalue weighted by molar-refractivity contribution is 0.587. The zero-order valence-electron chi connectivity index (χ0n) is 18.0. The van der Waals surface area contributed by atoms with Crippen LogP contribution in [0.4, 0.5) is 0 Å². The first-order valence-corrected chi connectivity index (χ1v) is 10.0. The van der Waals surface area contributed by atoms with Crippen molar-refractivity contribution in [2.45, 2.75) is 53.9 Å². The van der Waals surface area contributed by atoms with Crippen molar-refractivity contribution in [3.05, 3.63) is 76.3 Å². The van der Waals surface area contributed by atoms with Gasteiger partial charge in [-0.25, -0.2) is 4.42 Å². The highest BCUT2D eigenvalue weighted by Gasteiger charge is 2.25. The Morgan fingerprint density at radius 2 is 1.18 bits per heavy atom. The van der Waals surface area contributed by atoms with Gasteiger partial charge in [0.1, 0.15) is 0 Å². The summed E-state index contributed by atoms with van der Waals surface area (Å²) in [5.41, 5.74) is 11.0. The summed E-state index contributed by atoms with van der Waals surface area (Å²) < 4.78 is 6.43. The summed E-state index contributed by atoms with van der Waals surface area (Å²) >= 11 is 0. The van der Waals surface area contributed by atoms with Crippen LogP contribution >= 0.6 is 0 Å². The van der Waals surface area contributed by atoms with E-state index in [0.29, 0.717) is 0 Å². The van der Waals surface area contributed by atoms with Gasteiger partial charge in [0.05, 0.1) is 10.8 Å². The number of rotatable bonds is 1. The summed E-state index contributed by atoms with van der Waals surface area (Å²) in [5.74, 6) is 0. The van der Waals surface area contributed by atoms with E-state index in [0.717, 1.165) is 11.2 Å². The zero-order chi connectivity index (χ0) is 20.2. The van der Waals surface area contributed by atoms with Crippen LogP contribution in [0.25, 0.3) is 33.1 Å². The van der Waals surface area contributed by atoms with Gasteiger partial charge in [-0.15, -0.1) is 0 Å². The molecule has 0 unspecified atom stereocenters. The SMILES string of the molecule is Cc1cc(C)c(-c2c3ccc(C)cc3[o+]c3cc(C(C)(C)C)ccc23)c(C)c1. The van der Waals surface area contributed by atoms with Crippen molar-refractivity contribution >= 4 is 21.9 Å². The highest BCUT2D eigenvalue weighted by Crippen LogP contribution is 2.41. The smallest absolute Gasteiger partial charge is 0.207 e. The van der Waals surface area contributed by atoms with E-state index >= 15 is 0 Å². The van der Waals surface area contributed by atoms with Gasteiger partial charge in [0.15, 0.2) is 0 Å². The Kier molecular flexibility index (Phi) is 4.30. The molecule has 0 N–H and O–H groups in total. The summed E-state index contributed by atoms with van der Waals surface area (Å²) in [4.78, 5) is 0. The van der Waals surface area contributed by atoms with E-state index < -0.39 is 0 Å².